The Labute approximate surface area is 202 Å². The molecule has 0 unspecified atom stereocenters. The fourth-order valence-electron chi connectivity index (χ4n) is 3.47. The summed E-state index contributed by atoms with van der Waals surface area (Å²) in [5, 5.41) is 0. The molecule has 0 fully saturated rings. The highest BCUT2D eigenvalue weighted by Crippen LogP contribution is 2.40. The molecule has 0 radical (unpaired) electrons. The van der Waals surface area contributed by atoms with Crippen LogP contribution in [0.15, 0.2) is 93.8 Å². The SMILES string of the molecule is C=Nc1cc(/N=C(/C)c2ccc(C(=C)C)cc2)c(/N=C(/C)c2ccc(C(=C)C)cc2)cc1N=C. The van der Waals surface area contributed by atoms with Crippen LogP contribution in [0.4, 0.5) is 22.7 Å². The van der Waals surface area contributed by atoms with Gasteiger partial charge in [-0.25, -0.2) is 0 Å². The molecule has 4 nitrogen and oxygen atoms in total. The van der Waals surface area contributed by atoms with Crippen LogP contribution in [0.25, 0.3) is 11.1 Å². The summed E-state index contributed by atoms with van der Waals surface area (Å²) in [6, 6.07) is 20.1. The van der Waals surface area contributed by atoms with Crippen molar-refractivity contribution in [3.05, 3.63) is 96.1 Å². The predicted molar refractivity (Wildman–Crippen MR) is 151 cm³/mol. The third kappa shape index (κ3) is 5.59. The zero-order valence-corrected chi connectivity index (χ0v) is 20.4. The first kappa shape index (κ1) is 24.5. The predicted octanol–water partition coefficient (Wildman–Crippen LogP) is 8.70. The Hall–Kier alpha value is -4.18. The molecule has 0 saturated heterocycles. The lowest BCUT2D eigenvalue weighted by atomic mass is 10.0. The highest BCUT2D eigenvalue weighted by atomic mass is 14.9. The van der Waals surface area contributed by atoms with E-state index in [2.05, 4.69) is 60.8 Å². The molecule has 0 aliphatic carbocycles. The fourth-order valence-corrected chi connectivity index (χ4v) is 3.47. The molecule has 34 heavy (non-hydrogen) atoms. The number of allylic oxidation sites excluding steroid dienone is 2. The van der Waals surface area contributed by atoms with Crippen molar-refractivity contribution in [1.29, 1.82) is 0 Å². The van der Waals surface area contributed by atoms with E-state index in [9.17, 15) is 0 Å². The standard InChI is InChI=1S/C30H30N4/c1-19(2)23-9-13-25(14-10-23)21(5)33-29-17-27(31-7)28(32-8)18-30(29)34-22(6)26-15-11-24(12-16-26)20(3)4/h9-18H,1,3,7-8H2,2,4-6H3/b33-21-,34-22-. The number of nitrogens with zero attached hydrogens (tertiary/aromatic N) is 4. The van der Waals surface area contributed by atoms with E-state index in [0.717, 1.165) is 44.8 Å². The molecule has 0 amide bonds. The first-order chi connectivity index (χ1) is 16.2. The minimum Gasteiger partial charge on any atom is -0.262 e. The molecule has 0 heterocycles. The third-order valence-corrected chi connectivity index (χ3v) is 5.58. The van der Waals surface area contributed by atoms with E-state index in [0.29, 0.717) is 22.7 Å². The van der Waals surface area contributed by atoms with Gasteiger partial charge in [0, 0.05) is 11.4 Å². The molecule has 0 aliphatic rings. The summed E-state index contributed by atoms with van der Waals surface area (Å²) in [6.07, 6.45) is 0. The van der Waals surface area contributed by atoms with Crippen LogP contribution in [-0.2, 0) is 0 Å². The van der Waals surface area contributed by atoms with Gasteiger partial charge in [-0.3, -0.25) is 20.0 Å². The van der Waals surface area contributed by atoms with Gasteiger partial charge in [-0.2, -0.15) is 0 Å². The highest BCUT2D eigenvalue weighted by Gasteiger charge is 2.10. The quantitative estimate of drug-likeness (QED) is 0.311. The summed E-state index contributed by atoms with van der Waals surface area (Å²) in [6.45, 7) is 23.3. The molecule has 3 aromatic rings. The summed E-state index contributed by atoms with van der Waals surface area (Å²) in [5.74, 6) is 0. The van der Waals surface area contributed by atoms with Crippen LogP contribution in [0, 0.1) is 0 Å². The van der Waals surface area contributed by atoms with Crippen LogP contribution in [-0.4, -0.2) is 24.9 Å². The third-order valence-electron chi connectivity index (χ3n) is 5.58. The molecular formula is C30H30N4. The Bertz CT molecular complexity index is 1220. The molecule has 0 spiro atoms. The van der Waals surface area contributed by atoms with Gasteiger partial charge in [-0.05, 0) is 75.5 Å². The van der Waals surface area contributed by atoms with E-state index in [1.165, 1.54) is 0 Å². The lowest BCUT2D eigenvalue weighted by Gasteiger charge is -2.10. The molecule has 170 valence electrons. The zero-order valence-electron chi connectivity index (χ0n) is 20.4. The largest absolute Gasteiger partial charge is 0.262 e. The number of benzene rings is 3. The van der Waals surface area contributed by atoms with Gasteiger partial charge in [0.1, 0.15) is 0 Å². The van der Waals surface area contributed by atoms with Crippen molar-refractivity contribution in [2.24, 2.45) is 20.0 Å². The van der Waals surface area contributed by atoms with Crippen molar-refractivity contribution < 1.29 is 0 Å². The minimum absolute atomic E-state index is 0.613. The first-order valence-electron chi connectivity index (χ1n) is 11.0. The van der Waals surface area contributed by atoms with E-state index in [-0.39, 0.29) is 0 Å². The van der Waals surface area contributed by atoms with Gasteiger partial charge < -0.3 is 0 Å². The van der Waals surface area contributed by atoms with Crippen molar-refractivity contribution in [3.8, 4) is 0 Å². The van der Waals surface area contributed by atoms with Crippen LogP contribution in [0.5, 0.6) is 0 Å². The molecule has 0 aromatic heterocycles. The summed E-state index contributed by atoms with van der Waals surface area (Å²) < 4.78 is 0. The zero-order chi connectivity index (χ0) is 24.8. The number of hydrogen-bond donors (Lipinski definition) is 0. The Kier molecular flexibility index (Phi) is 7.64. The van der Waals surface area contributed by atoms with Crippen LogP contribution < -0.4 is 0 Å². The lowest BCUT2D eigenvalue weighted by molar-refractivity contribution is 1.38. The smallest absolute Gasteiger partial charge is 0.0912 e. The molecule has 0 atom stereocenters. The Morgan fingerprint density at radius 2 is 0.794 bits per heavy atom. The van der Waals surface area contributed by atoms with E-state index < -0.39 is 0 Å². The Balaban J connectivity index is 2.09. The topological polar surface area (TPSA) is 49.4 Å². The van der Waals surface area contributed by atoms with Crippen LogP contribution in [0.2, 0.25) is 0 Å². The molecule has 0 bridgehead atoms. The van der Waals surface area contributed by atoms with Crippen molar-refractivity contribution >= 4 is 58.8 Å². The van der Waals surface area contributed by atoms with Gasteiger partial charge in [0.05, 0.1) is 22.7 Å². The first-order valence-corrected chi connectivity index (χ1v) is 11.0. The van der Waals surface area contributed by atoms with Gasteiger partial charge >= 0.3 is 0 Å². The maximum absolute atomic E-state index is 4.90. The average Bonchev–Trinajstić information content (AvgIpc) is 2.84. The van der Waals surface area contributed by atoms with Gasteiger partial charge in [0.25, 0.3) is 0 Å². The van der Waals surface area contributed by atoms with Crippen molar-refractivity contribution in [2.75, 3.05) is 0 Å². The normalized spacial score (nSPS) is 11.8. The molecule has 4 heteroatoms. The van der Waals surface area contributed by atoms with Crippen molar-refractivity contribution in [1.82, 2.24) is 0 Å². The number of aliphatic imine (C=N–C) groups is 4. The van der Waals surface area contributed by atoms with Crippen LogP contribution in [0.1, 0.15) is 49.9 Å². The Morgan fingerprint density at radius 1 is 0.500 bits per heavy atom. The van der Waals surface area contributed by atoms with Gasteiger partial charge in [-0.1, -0.05) is 72.8 Å². The summed E-state index contributed by atoms with van der Waals surface area (Å²) in [7, 11) is 0. The van der Waals surface area contributed by atoms with Crippen LogP contribution >= 0.6 is 0 Å². The molecule has 0 N–H and O–H groups in total. The van der Waals surface area contributed by atoms with E-state index >= 15 is 0 Å². The summed E-state index contributed by atoms with van der Waals surface area (Å²) >= 11 is 0. The minimum atomic E-state index is 0.613. The maximum Gasteiger partial charge on any atom is 0.0912 e. The summed E-state index contributed by atoms with van der Waals surface area (Å²) in [5.41, 5.74) is 10.6. The maximum atomic E-state index is 4.90. The lowest BCUT2D eigenvalue weighted by Crippen LogP contribution is -1.96. The summed E-state index contributed by atoms with van der Waals surface area (Å²) in [4.78, 5) is 18.0. The molecule has 0 aliphatic heterocycles. The van der Waals surface area contributed by atoms with Crippen molar-refractivity contribution in [3.63, 3.8) is 0 Å². The fraction of sp³-hybridized carbons (Fsp3) is 0.133. The van der Waals surface area contributed by atoms with Gasteiger partial charge in [0.15, 0.2) is 0 Å². The second-order valence-corrected chi connectivity index (χ2v) is 8.26. The average molecular weight is 447 g/mol. The second kappa shape index (κ2) is 10.6. The molecular weight excluding hydrogens is 416 g/mol. The highest BCUT2D eigenvalue weighted by molar-refractivity contribution is 6.04. The van der Waals surface area contributed by atoms with Gasteiger partial charge in [0.2, 0.25) is 0 Å². The van der Waals surface area contributed by atoms with E-state index in [4.69, 9.17) is 9.98 Å². The molecule has 0 saturated carbocycles. The van der Waals surface area contributed by atoms with Gasteiger partial charge in [-0.15, -0.1) is 0 Å². The van der Waals surface area contributed by atoms with Crippen LogP contribution in [0.3, 0.4) is 0 Å². The number of hydrogen-bond acceptors (Lipinski definition) is 4. The second-order valence-electron chi connectivity index (χ2n) is 8.26. The molecule has 3 rings (SSSR count). The van der Waals surface area contributed by atoms with E-state index in [1.807, 2.05) is 64.1 Å². The monoisotopic (exact) mass is 446 g/mol. The number of rotatable bonds is 8. The molecule has 3 aromatic carbocycles. The van der Waals surface area contributed by atoms with Crippen molar-refractivity contribution in [2.45, 2.75) is 27.7 Å². The van der Waals surface area contributed by atoms with E-state index in [1.54, 1.807) is 0 Å². The Morgan fingerprint density at radius 3 is 1.06 bits per heavy atom.